The van der Waals surface area contributed by atoms with Gasteiger partial charge in [-0.1, -0.05) is 18.2 Å². The topological polar surface area (TPSA) is 62.3 Å². The van der Waals surface area contributed by atoms with E-state index < -0.39 is 6.10 Å². The van der Waals surface area contributed by atoms with E-state index in [4.69, 9.17) is 9.47 Å². The summed E-state index contributed by atoms with van der Waals surface area (Å²) in [5.74, 6) is 0.774. The number of ether oxygens (including phenoxy) is 2. The molecule has 0 aromatic heterocycles. The number of nitrogens with zero attached hydrogens (tertiary/aromatic N) is 3. The number of hydrogen-bond donors (Lipinski definition) is 0. The van der Waals surface area contributed by atoms with E-state index in [-0.39, 0.29) is 17.9 Å². The van der Waals surface area contributed by atoms with Crippen molar-refractivity contribution in [1.82, 2.24) is 4.90 Å². The standard InChI is InChI=1S/C26H33N3O4/c1-18-17-28(26(31)25-6-5-14-33-25)24-16-21(9-12-23(24)29(18)19(2)30)20-7-10-22(11-8-20)32-15-13-27(3)4/h7-12,16,18,25H,5-6,13-15,17H2,1-4H3/t18-,25?/m0/s1. The predicted octanol–water partition coefficient (Wildman–Crippen LogP) is 3.56. The fraction of sp³-hybridized carbons (Fsp3) is 0.462. The van der Waals surface area contributed by atoms with E-state index in [0.29, 0.717) is 19.8 Å². The van der Waals surface area contributed by atoms with Crippen LogP contribution in [0.15, 0.2) is 42.5 Å². The van der Waals surface area contributed by atoms with Gasteiger partial charge in [0.05, 0.1) is 17.4 Å². The number of rotatable bonds is 6. The maximum atomic E-state index is 13.3. The number of hydrogen-bond acceptors (Lipinski definition) is 5. The highest BCUT2D eigenvalue weighted by Crippen LogP contribution is 2.40. The van der Waals surface area contributed by atoms with E-state index >= 15 is 0 Å². The molecule has 2 aliphatic heterocycles. The molecule has 2 aromatic rings. The van der Waals surface area contributed by atoms with Crippen LogP contribution < -0.4 is 14.5 Å². The van der Waals surface area contributed by atoms with Gasteiger partial charge in [0.25, 0.3) is 5.91 Å². The third-order valence-corrected chi connectivity index (χ3v) is 6.22. The molecule has 0 spiro atoms. The Morgan fingerprint density at radius 2 is 1.82 bits per heavy atom. The third kappa shape index (κ3) is 5.04. The average Bonchev–Trinajstić information content (AvgIpc) is 3.33. The van der Waals surface area contributed by atoms with E-state index in [1.165, 1.54) is 0 Å². The molecule has 7 heteroatoms. The van der Waals surface area contributed by atoms with Crippen LogP contribution in [0.25, 0.3) is 11.1 Å². The number of carbonyl (C=O) groups is 2. The van der Waals surface area contributed by atoms with Crippen LogP contribution >= 0.6 is 0 Å². The van der Waals surface area contributed by atoms with Crippen molar-refractivity contribution in [2.75, 3.05) is 50.2 Å². The van der Waals surface area contributed by atoms with Crippen LogP contribution in [0.5, 0.6) is 5.75 Å². The Morgan fingerprint density at radius 1 is 1.09 bits per heavy atom. The first-order chi connectivity index (χ1) is 15.8. The van der Waals surface area contributed by atoms with Crippen LogP contribution in [0.4, 0.5) is 11.4 Å². The maximum Gasteiger partial charge on any atom is 0.256 e. The average molecular weight is 452 g/mol. The molecule has 0 aliphatic carbocycles. The first-order valence-corrected chi connectivity index (χ1v) is 11.6. The summed E-state index contributed by atoms with van der Waals surface area (Å²) in [6, 6.07) is 13.8. The van der Waals surface area contributed by atoms with E-state index in [1.807, 2.05) is 63.5 Å². The van der Waals surface area contributed by atoms with E-state index in [9.17, 15) is 9.59 Å². The van der Waals surface area contributed by atoms with E-state index in [2.05, 4.69) is 4.90 Å². The molecule has 2 aromatic carbocycles. The summed E-state index contributed by atoms with van der Waals surface area (Å²) in [6.07, 6.45) is 1.23. The molecule has 4 rings (SSSR count). The number of carbonyl (C=O) groups excluding carboxylic acids is 2. The van der Waals surface area contributed by atoms with Gasteiger partial charge in [-0.3, -0.25) is 9.59 Å². The second-order valence-corrected chi connectivity index (χ2v) is 9.07. The summed E-state index contributed by atoms with van der Waals surface area (Å²) >= 11 is 0. The maximum absolute atomic E-state index is 13.3. The van der Waals surface area contributed by atoms with Gasteiger partial charge >= 0.3 is 0 Å². The lowest BCUT2D eigenvalue weighted by molar-refractivity contribution is -0.127. The zero-order chi connectivity index (χ0) is 23.5. The van der Waals surface area contributed by atoms with Gasteiger partial charge in [0.2, 0.25) is 5.91 Å². The molecule has 1 unspecified atom stereocenters. The van der Waals surface area contributed by atoms with Gasteiger partial charge in [0.1, 0.15) is 18.5 Å². The zero-order valence-corrected chi connectivity index (χ0v) is 19.9. The lowest BCUT2D eigenvalue weighted by Crippen LogP contribution is -2.53. The molecule has 1 fully saturated rings. The normalized spacial score (nSPS) is 20.2. The highest BCUT2D eigenvalue weighted by Gasteiger charge is 2.37. The van der Waals surface area contributed by atoms with Crippen molar-refractivity contribution in [2.45, 2.75) is 38.8 Å². The Bertz CT molecular complexity index is 999. The van der Waals surface area contributed by atoms with Crippen molar-refractivity contribution in [2.24, 2.45) is 0 Å². The van der Waals surface area contributed by atoms with Crippen LogP contribution in [-0.2, 0) is 14.3 Å². The summed E-state index contributed by atoms with van der Waals surface area (Å²) in [6.45, 7) is 6.10. The van der Waals surface area contributed by atoms with Crippen LogP contribution in [-0.4, -0.2) is 69.3 Å². The van der Waals surface area contributed by atoms with Crippen molar-refractivity contribution in [3.05, 3.63) is 42.5 Å². The monoisotopic (exact) mass is 451 g/mol. The second kappa shape index (κ2) is 9.93. The van der Waals surface area contributed by atoms with Crippen LogP contribution in [0.1, 0.15) is 26.7 Å². The van der Waals surface area contributed by atoms with Crippen LogP contribution in [0.3, 0.4) is 0 Å². The first-order valence-electron chi connectivity index (χ1n) is 11.6. The Morgan fingerprint density at radius 3 is 2.45 bits per heavy atom. The Kier molecular flexibility index (Phi) is 7.00. The molecular weight excluding hydrogens is 418 g/mol. The minimum Gasteiger partial charge on any atom is -0.492 e. The lowest BCUT2D eigenvalue weighted by Gasteiger charge is -2.41. The van der Waals surface area contributed by atoms with Gasteiger partial charge in [-0.15, -0.1) is 0 Å². The summed E-state index contributed by atoms with van der Waals surface area (Å²) in [4.78, 5) is 31.4. The van der Waals surface area contributed by atoms with Crippen molar-refractivity contribution >= 4 is 23.2 Å². The summed E-state index contributed by atoms with van der Waals surface area (Å²) in [5.41, 5.74) is 3.53. The summed E-state index contributed by atoms with van der Waals surface area (Å²) in [7, 11) is 4.03. The summed E-state index contributed by atoms with van der Waals surface area (Å²) < 4.78 is 11.5. The fourth-order valence-corrected chi connectivity index (χ4v) is 4.53. The fourth-order valence-electron chi connectivity index (χ4n) is 4.53. The molecule has 2 heterocycles. The second-order valence-electron chi connectivity index (χ2n) is 9.07. The van der Waals surface area contributed by atoms with Crippen LogP contribution in [0, 0.1) is 0 Å². The third-order valence-electron chi connectivity index (χ3n) is 6.22. The molecule has 1 saturated heterocycles. The molecule has 7 nitrogen and oxygen atoms in total. The molecule has 0 bridgehead atoms. The molecule has 176 valence electrons. The Balaban J connectivity index is 1.63. The quantitative estimate of drug-likeness (QED) is 0.672. The van der Waals surface area contributed by atoms with Gasteiger partial charge in [-0.2, -0.15) is 0 Å². The highest BCUT2D eigenvalue weighted by molar-refractivity contribution is 6.06. The number of fused-ring (bicyclic) bond motifs is 1. The van der Waals surface area contributed by atoms with Crippen molar-refractivity contribution in [3.8, 4) is 16.9 Å². The van der Waals surface area contributed by atoms with Crippen molar-refractivity contribution in [1.29, 1.82) is 0 Å². The molecule has 2 atom stereocenters. The molecule has 0 saturated carbocycles. The van der Waals surface area contributed by atoms with E-state index in [0.717, 1.165) is 47.6 Å². The first kappa shape index (κ1) is 23.3. The molecule has 0 N–H and O–H groups in total. The smallest absolute Gasteiger partial charge is 0.256 e. The Labute approximate surface area is 195 Å². The van der Waals surface area contributed by atoms with E-state index in [1.54, 1.807) is 16.7 Å². The SMILES string of the molecule is CC(=O)N1c2ccc(-c3ccc(OCCN(C)C)cc3)cc2N(C(=O)C2CCCO2)C[C@@H]1C. The number of amides is 2. The van der Waals surface area contributed by atoms with Crippen molar-refractivity contribution < 1.29 is 19.1 Å². The number of anilines is 2. The largest absolute Gasteiger partial charge is 0.492 e. The molecule has 33 heavy (non-hydrogen) atoms. The Hall–Kier alpha value is -2.90. The van der Waals surface area contributed by atoms with Gasteiger partial charge in [0, 0.05) is 26.6 Å². The predicted molar refractivity (Wildman–Crippen MR) is 130 cm³/mol. The molecular formula is C26H33N3O4. The minimum atomic E-state index is -0.406. The highest BCUT2D eigenvalue weighted by atomic mass is 16.5. The molecule has 2 aliphatic rings. The van der Waals surface area contributed by atoms with Gasteiger partial charge in [-0.25, -0.2) is 0 Å². The number of benzene rings is 2. The zero-order valence-electron chi connectivity index (χ0n) is 19.9. The van der Waals surface area contributed by atoms with Gasteiger partial charge < -0.3 is 24.2 Å². The van der Waals surface area contributed by atoms with Crippen LogP contribution in [0.2, 0.25) is 0 Å². The lowest BCUT2D eigenvalue weighted by atomic mass is 10.00. The van der Waals surface area contributed by atoms with Gasteiger partial charge in [-0.05, 0) is 69.3 Å². The van der Waals surface area contributed by atoms with Gasteiger partial charge in [0.15, 0.2) is 0 Å². The number of likely N-dealkylation sites (N-methyl/N-ethyl adjacent to an activating group) is 1. The summed E-state index contributed by atoms with van der Waals surface area (Å²) in [5, 5.41) is 0. The van der Waals surface area contributed by atoms with Crippen molar-refractivity contribution in [3.63, 3.8) is 0 Å². The minimum absolute atomic E-state index is 0.0226. The molecule has 2 amide bonds. The molecule has 0 radical (unpaired) electrons.